The number of nitrogens with zero attached hydrogens (tertiary/aromatic N) is 1. The van der Waals surface area contributed by atoms with Gasteiger partial charge in [0.2, 0.25) is 0 Å². The summed E-state index contributed by atoms with van der Waals surface area (Å²) in [5, 5.41) is 0. The van der Waals surface area contributed by atoms with E-state index in [2.05, 4.69) is 37.1 Å². The van der Waals surface area contributed by atoms with Crippen molar-refractivity contribution in [3.05, 3.63) is 35.1 Å². The fourth-order valence-corrected chi connectivity index (χ4v) is 1.90. The van der Waals surface area contributed by atoms with Crippen molar-refractivity contribution in [1.29, 1.82) is 0 Å². The summed E-state index contributed by atoms with van der Waals surface area (Å²) in [7, 11) is 0. The van der Waals surface area contributed by atoms with Crippen LogP contribution in [0.25, 0.3) is 0 Å². The summed E-state index contributed by atoms with van der Waals surface area (Å²) < 4.78 is 0. The quantitative estimate of drug-likeness (QED) is 0.636. The molecule has 0 bridgehead atoms. The Balaban J connectivity index is 2.21. The standard InChI is InChI=1S/C13H16N/c1-3-5-10-7-8-13-12(10)9-11(14-13)6-4-2/h7-8H,3-6H2,1-2H3. The summed E-state index contributed by atoms with van der Waals surface area (Å²) in [5.41, 5.74) is 4.94. The van der Waals surface area contributed by atoms with Crippen LogP contribution in [0.2, 0.25) is 0 Å². The number of fused-ring (bicyclic) bond motifs is 1. The lowest BCUT2D eigenvalue weighted by atomic mass is 10.1. The molecule has 1 heteroatoms. The van der Waals surface area contributed by atoms with Crippen molar-refractivity contribution in [1.82, 2.24) is 0 Å². The SMILES string of the molecule is CCCC1=[C]C2=C(CCC)C=CC2=N1. The van der Waals surface area contributed by atoms with Crippen LogP contribution in [0.15, 0.2) is 34.0 Å². The Labute approximate surface area is 85.9 Å². The van der Waals surface area contributed by atoms with E-state index in [1.54, 1.807) is 0 Å². The van der Waals surface area contributed by atoms with E-state index in [4.69, 9.17) is 0 Å². The van der Waals surface area contributed by atoms with Crippen molar-refractivity contribution in [3.8, 4) is 0 Å². The van der Waals surface area contributed by atoms with Crippen molar-refractivity contribution >= 4 is 5.71 Å². The van der Waals surface area contributed by atoms with Gasteiger partial charge in [0.15, 0.2) is 0 Å². The van der Waals surface area contributed by atoms with Crippen molar-refractivity contribution in [2.75, 3.05) is 0 Å². The van der Waals surface area contributed by atoms with Crippen LogP contribution < -0.4 is 0 Å². The van der Waals surface area contributed by atoms with E-state index in [9.17, 15) is 0 Å². The summed E-state index contributed by atoms with van der Waals surface area (Å²) >= 11 is 0. The Hall–Kier alpha value is -1.11. The lowest BCUT2D eigenvalue weighted by Crippen LogP contribution is -1.89. The topological polar surface area (TPSA) is 12.4 Å². The first-order chi connectivity index (χ1) is 6.85. The molecule has 0 aromatic heterocycles. The monoisotopic (exact) mass is 186 g/mol. The molecule has 1 radical (unpaired) electrons. The molecule has 0 spiro atoms. The summed E-state index contributed by atoms with van der Waals surface area (Å²) in [6.07, 6.45) is 12.3. The van der Waals surface area contributed by atoms with Crippen LogP contribution in [-0.2, 0) is 0 Å². The van der Waals surface area contributed by atoms with Gasteiger partial charge in [-0.25, -0.2) is 0 Å². The molecule has 0 unspecified atom stereocenters. The van der Waals surface area contributed by atoms with E-state index in [1.807, 2.05) is 0 Å². The molecule has 0 aromatic rings. The van der Waals surface area contributed by atoms with Crippen LogP contribution in [0.1, 0.15) is 39.5 Å². The zero-order valence-corrected chi connectivity index (χ0v) is 8.93. The average Bonchev–Trinajstić information content (AvgIpc) is 2.69. The third kappa shape index (κ3) is 1.59. The van der Waals surface area contributed by atoms with E-state index >= 15 is 0 Å². The highest BCUT2D eigenvalue weighted by Crippen LogP contribution is 2.29. The van der Waals surface area contributed by atoms with Crippen molar-refractivity contribution in [2.45, 2.75) is 39.5 Å². The fourth-order valence-electron chi connectivity index (χ4n) is 1.90. The first-order valence-corrected chi connectivity index (χ1v) is 5.48. The highest BCUT2D eigenvalue weighted by Gasteiger charge is 2.19. The van der Waals surface area contributed by atoms with E-state index in [-0.39, 0.29) is 0 Å². The highest BCUT2D eigenvalue weighted by molar-refractivity contribution is 6.15. The third-order valence-electron chi connectivity index (χ3n) is 2.55. The summed E-state index contributed by atoms with van der Waals surface area (Å²) in [4.78, 5) is 4.55. The minimum Gasteiger partial charge on any atom is -0.252 e. The molecule has 0 fully saturated rings. The maximum Gasteiger partial charge on any atom is 0.0715 e. The molecule has 0 N–H and O–H groups in total. The first-order valence-electron chi connectivity index (χ1n) is 5.48. The van der Waals surface area contributed by atoms with Gasteiger partial charge in [-0.05, 0) is 24.5 Å². The molecule has 0 amide bonds. The largest absolute Gasteiger partial charge is 0.252 e. The molecule has 14 heavy (non-hydrogen) atoms. The summed E-state index contributed by atoms with van der Waals surface area (Å²) in [5.74, 6) is 0. The summed E-state index contributed by atoms with van der Waals surface area (Å²) in [6, 6.07) is 0. The van der Waals surface area contributed by atoms with E-state index in [1.165, 1.54) is 17.6 Å². The van der Waals surface area contributed by atoms with Gasteiger partial charge in [-0.15, -0.1) is 0 Å². The number of hydrogen-bond donors (Lipinski definition) is 0. The predicted molar refractivity (Wildman–Crippen MR) is 60.2 cm³/mol. The van der Waals surface area contributed by atoms with E-state index in [0.29, 0.717) is 0 Å². The fraction of sp³-hybridized carbons (Fsp3) is 0.462. The van der Waals surface area contributed by atoms with Gasteiger partial charge in [-0.3, -0.25) is 4.99 Å². The second-order valence-corrected chi connectivity index (χ2v) is 3.80. The Kier molecular flexibility index (Phi) is 2.67. The highest BCUT2D eigenvalue weighted by atomic mass is 14.8. The zero-order valence-electron chi connectivity index (χ0n) is 8.93. The molecule has 1 aliphatic carbocycles. The first kappa shape index (κ1) is 9.45. The number of aliphatic imine (C=N–C) groups is 1. The number of allylic oxidation sites excluding steroid dienone is 6. The Morgan fingerprint density at radius 1 is 1.14 bits per heavy atom. The van der Waals surface area contributed by atoms with Crippen LogP contribution in [0.5, 0.6) is 0 Å². The second-order valence-electron chi connectivity index (χ2n) is 3.80. The Morgan fingerprint density at radius 2 is 1.93 bits per heavy atom. The molecule has 0 saturated heterocycles. The molecule has 0 aromatic carbocycles. The van der Waals surface area contributed by atoms with Gasteiger partial charge in [0, 0.05) is 17.3 Å². The van der Waals surface area contributed by atoms with E-state index < -0.39 is 0 Å². The lowest BCUT2D eigenvalue weighted by molar-refractivity contribution is 0.893. The minimum atomic E-state index is 1.06. The van der Waals surface area contributed by atoms with Crippen LogP contribution >= 0.6 is 0 Å². The number of rotatable bonds is 4. The Bertz CT molecular complexity index is 353. The summed E-state index contributed by atoms with van der Waals surface area (Å²) in [6.45, 7) is 4.39. The molecule has 0 atom stereocenters. The minimum absolute atomic E-state index is 1.06. The van der Waals surface area contributed by atoms with Gasteiger partial charge in [-0.2, -0.15) is 0 Å². The molecule has 2 rings (SSSR count). The van der Waals surface area contributed by atoms with Crippen LogP contribution in [0.4, 0.5) is 0 Å². The molecule has 1 nitrogen and oxygen atoms in total. The normalized spacial score (nSPS) is 18.7. The molecule has 1 heterocycles. The van der Waals surface area contributed by atoms with Gasteiger partial charge in [0.25, 0.3) is 0 Å². The van der Waals surface area contributed by atoms with Crippen molar-refractivity contribution < 1.29 is 0 Å². The molecule has 0 saturated carbocycles. The third-order valence-corrected chi connectivity index (χ3v) is 2.55. The average molecular weight is 186 g/mol. The maximum absolute atomic E-state index is 4.55. The van der Waals surface area contributed by atoms with Crippen LogP contribution in [-0.4, -0.2) is 5.71 Å². The predicted octanol–water partition coefficient (Wildman–Crippen LogP) is 3.59. The molecular formula is C13H16N. The molecule has 73 valence electrons. The second kappa shape index (κ2) is 3.95. The van der Waals surface area contributed by atoms with Gasteiger partial charge >= 0.3 is 0 Å². The smallest absolute Gasteiger partial charge is 0.0715 e. The molecular weight excluding hydrogens is 170 g/mol. The van der Waals surface area contributed by atoms with Crippen LogP contribution in [0, 0.1) is 6.08 Å². The van der Waals surface area contributed by atoms with Gasteiger partial charge in [0.05, 0.1) is 5.71 Å². The van der Waals surface area contributed by atoms with E-state index in [0.717, 1.165) is 30.7 Å². The lowest BCUT2D eigenvalue weighted by Gasteiger charge is -1.97. The Morgan fingerprint density at radius 3 is 2.64 bits per heavy atom. The maximum atomic E-state index is 4.55. The van der Waals surface area contributed by atoms with Gasteiger partial charge in [0.1, 0.15) is 0 Å². The number of hydrogen-bond acceptors (Lipinski definition) is 1. The molecule has 1 aliphatic heterocycles. The van der Waals surface area contributed by atoms with Gasteiger partial charge < -0.3 is 0 Å². The molecule has 2 aliphatic rings. The van der Waals surface area contributed by atoms with Crippen LogP contribution in [0.3, 0.4) is 0 Å². The van der Waals surface area contributed by atoms with Gasteiger partial charge in [-0.1, -0.05) is 32.8 Å². The van der Waals surface area contributed by atoms with Crippen molar-refractivity contribution in [3.63, 3.8) is 0 Å². The van der Waals surface area contributed by atoms with Crippen molar-refractivity contribution in [2.24, 2.45) is 4.99 Å². The zero-order chi connectivity index (χ0) is 9.97.